The van der Waals surface area contributed by atoms with Gasteiger partial charge in [-0.3, -0.25) is 10.1 Å². The van der Waals surface area contributed by atoms with Crippen molar-refractivity contribution in [3.05, 3.63) is 48.0 Å². The molecule has 2 heterocycles. The van der Waals surface area contributed by atoms with Gasteiger partial charge in [0.1, 0.15) is 5.60 Å². The Bertz CT molecular complexity index is 395. The molecule has 2 rings (SSSR count). The van der Waals surface area contributed by atoms with Gasteiger partial charge < -0.3 is 5.11 Å². The van der Waals surface area contributed by atoms with Crippen LogP contribution in [0, 0.1) is 0 Å². The molecule has 0 radical (unpaired) electrons. The van der Waals surface area contributed by atoms with Crippen LogP contribution in [0.25, 0.3) is 0 Å². The Balaban J connectivity index is 2.43. The second-order valence-electron chi connectivity index (χ2n) is 3.27. The third-order valence-electron chi connectivity index (χ3n) is 2.24. The first-order valence-electron chi connectivity index (χ1n) is 4.34. The van der Waals surface area contributed by atoms with Crippen LogP contribution in [-0.2, 0) is 5.60 Å². The summed E-state index contributed by atoms with van der Waals surface area (Å²) in [6, 6.07) is 5.30. The summed E-state index contributed by atoms with van der Waals surface area (Å²) in [6.45, 7) is 1.71. The molecular weight excluding hydrogens is 178 g/mol. The number of aliphatic hydroxyl groups is 1. The SMILES string of the molecule is CC(O)(c1ccncc1)c1cc[nH]n1. The van der Waals surface area contributed by atoms with Crippen LogP contribution in [0.5, 0.6) is 0 Å². The van der Waals surface area contributed by atoms with Crippen molar-refractivity contribution in [3.63, 3.8) is 0 Å². The lowest BCUT2D eigenvalue weighted by molar-refractivity contribution is 0.0972. The molecule has 2 N–H and O–H groups in total. The standard InChI is InChI=1S/C10H11N3O/c1-10(14,9-4-7-12-13-9)8-2-5-11-6-3-8/h2-7,14H,1H3,(H,12,13). The minimum atomic E-state index is -1.07. The number of aromatic nitrogens is 3. The highest BCUT2D eigenvalue weighted by molar-refractivity contribution is 5.28. The number of rotatable bonds is 2. The van der Waals surface area contributed by atoms with E-state index in [9.17, 15) is 5.11 Å². The topological polar surface area (TPSA) is 61.8 Å². The van der Waals surface area contributed by atoms with E-state index in [4.69, 9.17) is 0 Å². The van der Waals surface area contributed by atoms with Gasteiger partial charge in [0.25, 0.3) is 0 Å². The molecule has 0 saturated heterocycles. The number of pyridine rings is 1. The zero-order valence-electron chi connectivity index (χ0n) is 7.81. The molecular formula is C10H11N3O. The van der Waals surface area contributed by atoms with Gasteiger partial charge in [0, 0.05) is 18.6 Å². The highest BCUT2D eigenvalue weighted by Gasteiger charge is 2.27. The van der Waals surface area contributed by atoms with Gasteiger partial charge in [-0.05, 0) is 30.7 Å². The minimum Gasteiger partial charge on any atom is -0.379 e. The minimum absolute atomic E-state index is 0.601. The van der Waals surface area contributed by atoms with Crippen LogP contribution < -0.4 is 0 Å². The number of hydrogen-bond acceptors (Lipinski definition) is 3. The fourth-order valence-corrected chi connectivity index (χ4v) is 1.36. The summed E-state index contributed by atoms with van der Waals surface area (Å²) in [5.74, 6) is 0. The Labute approximate surface area is 81.6 Å². The molecule has 0 aliphatic rings. The molecule has 0 bridgehead atoms. The summed E-state index contributed by atoms with van der Waals surface area (Å²) < 4.78 is 0. The molecule has 1 unspecified atom stereocenters. The largest absolute Gasteiger partial charge is 0.379 e. The second-order valence-corrected chi connectivity index (χ2v) is 3.27. The third kappa shape index (κ3) is 1.40. The summed E-state index contributed by atoms with van der Waals surface area (Å²) in [4.78, 5) is 3.90. The molecule has 0 amide bonds. The van der Waals surface area contributed by atoms with E-state index >= 15 is 0 Å². The van der Waals surface area contributed by atoms with Gasteiger partial charge in [-0.1, -0.05) is 0 Å². The lowest BCUT2D eigenvalue weighted by atomic mass is 9.94. The summed E-state index contributed by atoms with van der Waals surface area (Å²) in [5.41, 5.74) is 0.312. The lowest BCUT2D eigenvalue weighted by Gasteiger charge is -2.20. The van der Waals surface area contributed by atoms with Gasteiger partial charge in [0.15, 0.2) is 0 Å². The van der Waals surface area contributed by atoms with E-state index in [0.29, 0.717) is 5.69 Å². The molecule has 4 heteroatoms. The van der Waals surface area contributed by atoms with Crippen molar-refractivity contribution in [2.75, 3.05) is 0 Å². The normalized spacial score (nSPS) is 15.0. The maximum atomic E-state index is 10.2. The monoisotopic (exact) mass is 189 g/mol. The van der Waals surface area contributed by atoms with E-state index in [1.54, 1.807) is 43.7 Å². The quantitative estimate of drug-likeness (QED) is 0.742. The Morgan fingerprint density at radius 1 is 1.29 bits per heavy atom. The van der Waals surface area contributed by atoms with Crippen LogP contribution in [0.15, 0.2) is 36.8 Å². The molecule has 72 valence electrons. The van der Waals surface area contributed by atoms with Gasteiger partial charge in [-0.15, -0.1) is 0 Å². The van der Waals surface area contributed by atoms with Crippen LogP contribution in [0.2, 0.25) is 0 Å². The fraction of sp³-hybridized carbons (Fsp3) is 0.200. The summed E-state index contributed by atoms with van der Waals surface area (Å²) in [6.07, 6.45) is 4.98. The summed E-state index contributed by atoms with van der Waals surface area (Å²) in [7, 11) is 0. The molecule has 0 aliphatic carbocycles. The molecule has 14 heavy (non-hydrogen) atoms. The van der Waals surface area contributed by atoms with Crippen molar-refractivity contribution in [2.45, 2.75) is 12.5 Å². The molecule has 0 aliphatic heterocycles. The lowest BCUT2D eigenvalue weighted by Crippen LogP contribution is -2.23. The molecule has 0 aromatic carbocycles. The second kappa shape index (κ2) is 3.23. The van der Waals surface area contributed by atoms with Gasteiger partial charge in [-0.25, -0.2) is 0 Å². The van der Waals surface area contributed by atoms with E-state index in [1.807, 2.05) is 0 Å². The zero-order chi connectivity index (χ0) is 10.0. The van der Waals surface area contributed by atoms with Crippen molar-refractivity contribution in [3.8, 4) is 0 Å². The molecule has 2 aromatic rings. The van der Waals surface area contributed by atoms with Crippen molar-refractivity contribution >= 4 is 0 Å². The predicted octanol–water partition coefficient (Wildman–Crippen LogP) is 1.06. The average Bonchev–Trinajstić information content (AvgIpc) is 2.72. The molecule has 0 spiro atoms. The van der Waals surface area contributed by atoms with E-state index in [1.165, 1.54) is 0 Å². The fourth-order valence-electron chi connectivity index (χ4n) is 1.36. The maximum absolute atomic E-state index is 10.2. The van der Waals surface area contributed by atoms with Crippen molar-refractivity contribution in [1.82, 2.24) is 15.2 Å². The average molecular weight is 189 g/mol. The van der Waals surface area contributed by atoms with Gasteiger partial charge in [0.05, 0.1) is 5.69 Å². The zero-order valence-corrected chi connectivity index (χ0v) is 7.81. The van der Waals surface area contributed by atoms with E-state index < -0.39 is 5.60 Å². The number of H-pyrrole nitrogens is 1. The van der Waals surface area contributed by atoms with Crippen LogP contribution in [0.1, 0.15) is 18.2 Å². The number of nitrogens with one attached hydrogen (secondary N) is 1. The highest BCUT2D eigenvalue weighted by atomic mass is 16.3. The summed E-state index contributed by atoms with van der Waals surface area (Å²) >= 11 is 0. The maximum Gasteiger partial charge on any atom is 0.131 e. The molecule has 0 saturated carbocycles. The summed E-state index contributed by atoms with van der Waals surface area (Å²) in [5, 5.41) is 16.9. The number of nitrogens with zero attached hydrogens (tertiary/aromatic N) is 2. The van der Waals surface area contributed by atoms with Crippen molar-refractivity contribution < 1.29 is 5.11 Å². The predicted molar refractivity (Wildman–Crippen MR) is 51.5 cm³/mol. The van der Waals surface area contributed by atoms with Gasteiger partial charge >= 0.3 is 0 Å². The first-order valence-corrected chi connectivity index (χ1v) is 4.34. The van der Waals surface area contributed by atoms with Crippen LogP contribution in [-0.4, -0.2) is 20.3 Å². The van der Waals surface area contributed by atoms with Crippen molar-refractivity contribution in [1.29, 1.82) is 0 Å². The number of aromatic amines is 1. The van der Waals surface area contributed by atoms with Crippen LogP contribution in [0.3, 0.4) is 0 Å². The van der Waals surface area contributed by atoms with Crippen LogP contribution in [0.4, 0.5) is 0 Å². The Morgan fingerprint density at radius 3 is 2.57 bits per heavy atom. The van der Waals surface area contributed by atoms with E-state index in [-0.39, 0.29) is 0 Å². The Hall–Kier alpha value is -1.68. The highest BCUT2D eigenvalue weighted by Crippen LogP contribution is 2.26. The molecule has 0 fully saturated rings. The number of hydrogen-bond donors (Lipinski definition) is 2. The molecule has 2 aromatic heterocycles. The van der Waals surface area contributed by atoms with E-state index in [0.717, 1.165) is 5.56 Å². The van der Waals surface area contributed by atoms with Gasteiger partial charge in [-0.2, -0.15) is 5.10 Å². The van der Waals surface area contributed by atoms with Crippen molar-refractivity contribution in [2.24, 2.45) is 0 Å². The molecule has 4 nitrogen and oxygen atoms in total. The smallest absolute Gasteiger partial charge is 0.131 e. The van der Waals surface area contributed by atoms with Gasteiger partial charge in [0.2, 0.25) is 0 Å². The van der Waals surface area contributed by atoms with Crippen LogP contribution >= 0.6 is 0 Å². The first kappa shape index (κ1) is 8.90. The molecule has 1 atom stereocenters. The third-order valence-corrected chi connectivity index (χ3v) is 2.24. The Morgan fingerprint density at radius 2 is 2.00 bits per heavy atom. The Kier molecular flexibility index (Phi) is 2.05. The van der Waals surface area contributed by atoms with E-state index in [2.05, 4.69) is 15.2 Å². The first-order chi connectivity index (χ1) is 6.71.